The van der Waals surface area contributed by atoms with E-state index in [9.17, 15) is 9.59 Å². The van der Waals surface area contributed by atoms with Crippen molar-refractivity contribution in [1.82, 2.24) is 10.4 Å². The van der Waals surface area contributed by atoms with Crippen LogP contribution >= 0.6 is 0 Å². The Morgan fingerprint density at radius 2 is 1.76 bits per heavy atom. The first-order chi connectivity index (χ1) is 9.91. The highest BCUT2D eigenvalue weighted by atomic mass is 16.2. The Kier molecular flexibility index (Phi) is 4.12. The van der Waals surface area contributed by atoms with Crippen molar-refractivity contribution < 1.29 is 9.59 Å². The third kappa shape index (κ3) is 2.97. The van der Waals surface area contributed by atoms with Gasteiger partial charge in [0.25, 0.3) is 5.91 Å². The van der Waals surface area contributed by atoms with Crippen LogP contribution < -0.4 is 10.4 Å². The normalized spacial score (nSPS) is 10.3. The fraction of sp³-hybridized carbons (Fsp3) is 0.250. The molecule has 2 rings (SSSR count). The molecule has 0 aliphatic rings. The van der Waals surface area contributed by atoms with Crippen LogP contribution in [0.4, 0.5) is 5.69 Å². The number of hydrogen-bond donors (Lipinski definition) is 2. The van der Waals surface area contributed by atoms with Crippen molar-refractivity contribution in [2.45, 2.75) is 20.8 Å². The number of hydrogen-bond acceptors (Lipinski definition) is 3. The van der Waals surface area contributed by atoms with E-state index < -0.39 is 0 Å². The minimum Gasteiger partial charge on any atom is -0.354 e. The Hall–Kier alpha value is -2.56. The highest BCUT2D eigenvalue weighted by molar-refractivity contribution is 6.02. The van der Waals surface area contributed by atoms with Gasteiger partial charge in [0.2, 0.25) is 0 Å². The number of aromatic nitrogens is 1. The molecule has 0 aliphatic heterocycles. The number of rotatable bonds is 4. The van der Waals surface area contributed by atoms with Gasteiger partial charge in [-0.3, -0.25) is 20.0 Å². The van der Waals surface area contributed by atoms with E-state index in [0.717, 1.165) is 5.69 Å². The molecule has 1 amide bonds. The fourth-order valence-corrected chi connectivity index (χ4v) is 2.43. The summed E-state index contributed by atoms with van der Waals surface area (Å²) in [6.45, 7) is 5.07. The summed E-state index contributed by atoms with van der Waals surface area (Å²) < 4.78 is 0. The largest absolute Gasteiger partial charge is 0.354 e. The van der Waals surface area contributed by atoms with E-state index in [2.05, 4.69) is 10.4 Å². The molecule has 5 nitrogen and oxygen atoms in total. The molecule has 0 spiro atoms. The van der Waals surface area contributed by atoms with Crippen molar-refractivity contribution in [1.29, 1.82) is 0 Å². The molecule has 2 N–H and O–H groups in total. The SMILES string of the molecule is CC(=O)c1c(C)[nH]c(C(=O)NN(C)c2ccccc2)c1C. The first kappa shape index (κ1) is 14.8. The Bertz CT molecular complexity index is 674. The van der Waals surface area contributed by atoms with E-state index in [4.69, 9.17) is 0 Å². The number of amides is 1. The first-order valence-electron chi connectivity index (χ1n) is 6.71. The van der Waals surface area contributed by atoms with E-state index in [1.807, 2.05) is 30.3 Å². The van der Waals surface area contributed by atoms with Crippen LogP contribution in [0.15, 0.2) is 30.3 Å². The van der Waals surface area contributed by atoms with Crippen molar-refractivity contribution in [3.8, 4) is 0 Å². The van der Waals surface area contributed by atoms with Crippen LogP contribution in [0, 0.1) is 13.8 Å². The summed E-state index contributed by atoms with van der Waals surface area (Å²) in [5.74, 6) is -0.314. The van der Waals surface area contributed by atoms with Gasteiger partial charge in [-0.1, -0.05) is 18.2 Å². The molecule has 0 bridgehead atoms. The zero-order valence-corrected chi connectivity index (χ0v) is 12.7. The second kappa shape index (κ2) is 5.83. The monoisotopic (exact) mass is 285 g/mol. The summed E-state index contributed by atoms with van der Waals surface area (Å²) in [7, 11) is 1.77. The number of aromatic amines is 1. The number of Topliss-reactive ketones (excluding diaryl/α,β-unsaturated/α-hetero) is 1. The number of carbonyl (C=O) groups is 2. The molecule has 0 fully saturated rings. The Labute approximate surface area is 123 Å². The van der Waals surface area contributed by atoms with Crippen molar-refractivity contribution >= 4 is 17.4 Å². The van der Waals surface area contributed by atoms with Crippen molar-refractivity contribution in [2.24, 2.45) is 0 Å². The van der Waals surface area contributed by atoms with Gasteiger partial charge in [-0.2, -0.15) is 0 Å². The zero-order valence-electron chi connectivity index (χ0n) is 12.7. The maximum absolute atomic E-state index is 12.3. The Morgan fingerprint density at radius 1 is 1.14 bits per heavy atom. The summed E-state index contributed by atoms with van der Waals surface area (Å²) in [5, 5.41) is 1.64. The molecular weight excluding hydrogens is 266 g/mol. The number of ketones is 1. The van der Waals surface area contributed by atoms with Gasteiger partial charge < -0.3 is 4.98 Å². The lowest BCUT2D eigenvalue weighted by Gasteiger charge is -2.20. The minimum absolute atomic E-state index is 0.0447. The molecule has 0 unspecified atom stereocenters. The Balaban J connectivity index is 2.22. The molecule has 0 aliphatic carbocycles. The van der Waals surface area contributed by atoms with E-state index in [1.54, 1.807) is 25.9 Å². The molecule has 21 heavy (non-hydrogen) atoms. The number of para-hydroxylation sites is 1. The van der Waals surface area contributed by atoms with Crippen LogP contribution in [0.25, 0.3) is 0 Å². The van der Waals surface area contributed by atoms with E-state index in [1.165, 1.54) is 6.92 Å². The number of anilines is 1. The molecule has 0 radical (unpaired) electrons. The van der Waals surface area contributed by atoms with Crippen LogP contribution in [0.2, 0.25) is 0 Å². The summed E-state index contributed by atoms with van der Waals surface area (Å²) in [6.07, 6.45) is 0. The van der Waals surface area contributed by atoms with Gasteiger partial charge in [0.1, 0.15) is 5.69 Å². The summed E-state index contributed by atoms with van der Waals surface area (Å²) in [6, 6.07) is 9.50. The van der Waals surface area contributed by atoms with Gasteiger partial charge in [-0.25, -0.2) is 0 Å². The minimum atomic E-state index is -0.269. The van der Waals surface area contributed by atoms with Crippen LogP contribution in [-0.4, -0.2) is 23.7 Å². The third-order valence-corrected chi connectivity index (χ3v) is 3.43. The zero-order chi connectivity index (χ0) is 15.6. The highest BCUT2D eigenvalue weighted by Gasteiger charge is 2.20. The lowest BCUT2D eigenvalue weighted by atomic mass is 10.1. The Morgan fingerprint density at radius 3 is 2.29 bits per heavy atom. The summed E-state index contributed by atoms with van der Waals surface area (Å²) >= 11 is 0. The molecule has 0 saturated carbocycles. The molecular formula is C16H19N3O2. The van der Waals surface area contributed by atoms with Crippen molar-refractivity contribution in [2.75, 3.05) is 12.1 Å². The van der Waals surface area contributed by atoms with Gasteiger partial charge in [0.15, 0.2) is 5.78 Å². The smallest absolute Gasteiger partial charge is 0.286 e. The lowest BCUT2D eigenvalue weighted by Crippen LogP contribution is -2.39. The number of nitrogens with one attached hydrogen (secondary N) is 2. The van der Waals surface area contributed by atoms with Crippen LogP contribution in [0.5, 0.6) is 0 Å². The topological polar surface area (TPSA) is 65.2 Å². The van der Waals surface area contributed by atoms with Crippen LogP contribution in [0.1, 0.15) is 39.0 Å². The van der Waals surface area contributed by atoms with Gasteiger partial charge in [0, 0.05) is 18.3 Å². The van der Waals surface area contributed by atoms with Gasteiger partial charge in [-0.05, 0) is 38.5 Å². The number of aryl methyl sites for hydroxylation is 1. The fourth-order valence-electron chi connectivity index (χ4n) is 2.43. The molecule has 110 valence electrons. The molecule has 1 aromatic heterocycles. The lowest BCUT2D eigenvalue weighted by molar-refractivity contribution is 0.0946. The quantitative estimate of drug-likeness (QED) is 0.670. The maximum atomic E-state index is 12.3. The standard InChI is InChI=1S/C16H19N3O2/c1-10-14(12(3)20)11(2)17-15(10)16(21)18-19(4)13-8-6-5-7-9-13/h5-9,17H,1-4H3,(H,18,21). The second-order valence-electron chi connectivity index (χ2n) is 5.02. The van der Waals surface area contributed by atoms with E-state index in [0.29, 0.717) is 22.5 Å². The van der Waals surface area contributed by atoms with Crippen LogP contribution in [-0.2, 0) is 0 Å². The average molecular weight is 285 g/mol. The molecule has 1 heterocycles. The van der Waals surface area contributed by atoms with E-state index in [-0.39, 0.29) is 11.7 Å². The highest BCUT2D eigenvalue weighted by Crippen LogP contribution is 2.18. The molecule has 5 heteroatoms. The third-order valence-electron chi connectivity index (χ3n) is 3.43. The number of hydrazine groups is 1. The predicted molar refractivity (Wildman–Crippen MR) is 82.6 cm³/mol. The predicted octanol–water partition coefficient (Wildman–Crippen LogP) is 2.62. The second-order valence-corrected chi connectivity index (χ2v) is 5.02. The van der Waals surface area contributed by atoms with E-state index >= 15 is 0 Å². The average Bonchev–Trinajstić information content (AvgIpc) is 2.75. The molecule has 0 saturated heterocycles. The van der Waals surface area contributed by atoms with Gasteiger partial charge in [-0.15, -0.1) is 0 Å². The molecule has 1 aromatic carbocycles. The molecule has 2 aromatic rings. The summed E-state index contributed by atoms with van der Waals surface area (Å²) in [4.78, 5) is 26.9. The first-order valence-corrected chi connectivity index (χ1v) is 6.71. The maximum Gasteiger partial charge on any atom is 0.286 e. The van der Waals surface area contributed by atoms with Crippen molar-refractivity contribution in [3.05, 3.63) is 52.8 Å². The number of H-pyrrole nitrogens is 1. The molecule has 0 atom stereocenters. The van der Waals surface area contributed by atoms with Gasteiger partial charge >= 0.3 is 0 Å². The van der Waals surface area contributed by atoms with Gasteiger partial charge in [0.05, 0.1) is 5.69 Å². The number of carbonyl (C=O) groups excluding carboxylic acids is 2. The summed E-state index contributed by atoms with van der Waals surface area (Å²) in [5.41, 5.74) is 6.06. The van der Waals surface area contributed by atoms with Crippen molar-refractivity contribution in [3.63, 3.8) is 0 Å². The van der Waals surface area contributed by atoms with Crippen LogP contribution in [0.3, 0.4) is 0 Å². The number of benzene rings is 1. The number of nitrogens with zero attached hydrogens (tertiary/aromatic N) is 1.